The van der Waals surface area contributed by atoms with Gasteiger partial charge < -0.3 is 4.74 Å². The molecule has 0 saturated heterocycles. The van der Waals surface area contributed by atoms with E-state index in [1.165, 1.54) is 38.7 Å². The fraction of sp³-hybridized carbons (Fsp3) is 0.211. The highest BCUT2D eigenvalue weighted by Gasteiger charge is 2.30. The number of benzene rings is 2. The Morgan fingerprint density at radius 3 is 2.62 bits per heavy atom. The first-order valence-electron chi connectivity index (χ1n) is 7.28. The number of aromatic nitrogens is 1. The molecule has 2 heterocycles. The first-order chi connectivity index (χ1) is 10.1. The van der Waals surface area contributed by atoms with Gasteiger partial charge in [-0.2, -0.15) is 4.57 Å². The summed E-state index contributed by atoms with van der Waals surface area (Å²) < 4.78 is 8.40. The second-order valence-corrected chi connectivity index (χ2v) is 5.94. The topological polar surface area (TPSA) is 13.1 Å². The fourth-order valence-corrected chi connectivity index (χ4v) is 3.29. The van der Waals surface area contributed by atoms with Gasteiger partial charge >= 0.3 is 0 Å². The average Bonchev–Trinajstić information content (AvgIpc) is 2.47. The van der Waals surface area contributed by atoms with E-state index in [9.17, 15) is 0 Å². The van der Waals surface area contributed by atoms with E-state index in [2.05, 4.69) is 68.9 Å². The van der Waals surface area contributed by atoms with E-state index in [0.717, 1.165) is 11.5 Å². The Kier molecular flexibility index (Phi) is 2.41. The molecule has 21 heavy (non-hydrogen) atoms. The third-order valence-electron chi connectivity index (χ3n) is 4.57. The first-order valence-corrected chi connectivity index (χ1v) is 7.28. The lowest BCUT2D eigenvalue weighted by Crippen LogP contribution is -2.32. The minimum absolute atomic E-state index is 0.965. The maximum absolute atomic E-state index is 6.24. The van der Waals surface area contributed by atoms with Crippen molar-refractivity contribution < 1.29 is 9.30 Å². The van der Waals surface area contributed by atoms with E-state index in [0.29, 0.717) is 0 Å². The molecule has 0 fully saturated rings. The van der Waals surface area contributed by atoms with Gasteiger partial charge in [-0.25, -0.2) is 0 Å². The highest BCUT2D eigenvalue weighted by molar-refractivity contribution is 6.04. The SMILES string of the molecule is Cc1cc2cccc3c2c(c1C)-c1c(c(C)cc[n+]1C)O3. The summed E-state index contributed by atoms with van der Waals surface area (Å²) in [7, 11) is 2.09. The minimum Gasteiger partial charge on any atom is -0.449 e. The molecule has 0 bridgehead atoms. The third-order valence-corrected chi connectivity index (χ3v) is 4.57. The van der Waals surface area contributed by atoms with Crippen LogP contribution >= 0.6 is 0 Å². The summed E-state index contributed by atoms with van der Waals surface area (Å²) >= 11 is 0. The Hall–Kier alpha value is -2.35. The van der Waals surface area contributed by atoms with Crippen molar-refractivity contribution in [1.82, 2.24) is 0 Å². The van der Waals surface area contributed by atoms with Gasteiger partial charge in [0.25, 0.3) is 5.69 Å². The normalized spacial score (nSPS) is 12.2. The summed E-state index contributed by atoms with van der Waals surface area (Å²) in [5, 5.41) is 2.48. The van der Waals surface area contributed by atoms with Gasteiger partial charge in [-0.05, 0) is 43.4 Å². The van der Waals surface area contributed by atoms with E-state index < -0.39 is 0 Å². The van der Waals surface area contributed by atoms with E-state index in [1.54, 1.807) is 0 Å². The Labute approximate surface area is 124 Å². The summed E-state index contributed by atoms with van der Waals surface area (Å²) in [5.41, 5.74) is 6.32. The molecule has 0 spiro atoms. The first kappa shape index (κ1) is 12.4. The summed E-state index contributed by atoms with van der Waals surface area (Å²) in [6, 6.07) is 10.7. The molecule has 1 aliphatic rings. The smallest absolute Gasteiger partial charge is 0.256 e. The third kappa shape index (κ3) is 1.56. The molecular formula is C19H18NO+. The zero-order valence-corrected chi connectivity index (χ0v) is 12.8. The van der Waals surface area contributed by atoms with Crippen LogP contribution in [0, 0.1) is 20.8 Å². The fourth-order valence-electron chi connectivity index (χ4n) is 3.29. The zero-order valence-electron chi connectivity index (χ0n) is 12.8. The molecule has 3 aromatic rings. The maximum atomic E-state index is 6.24. The number of fused-ring (bicyclic) bond motifs is 2. The molecule has 2 aromatic carbocycles. The number of aryl methyl sites for hydroxylation is 3. The van der Waals surface area contributed by atoms with Gasteiger partial charge in [-0.3, -0.25) is 0 Å². The quantitative estimate of drug-likeness (QED) is 0.435. The van der Waals surface area contributed by atoms with Gasteiger partial charge in [0.2, 0.25) is 5.75 Å². The zero-order chi connectivity index (χ0) is 14.7. The van der Waals surface area contributed by atoms with Crippen LogP contribution < -0.4 is 9.30 Å². The molecule has 0 aliphatic carbocycles. The Balaban J connectivity index is 2.28. The van der Waals surface area contributed by atoms with Gasteiger partial charge in [-0.1, -0.05) is 18.2 Å². The van der Waals surface area contributed by atoms with Crippen LogP contribution in [0.25, 0.3) is 22.0 Å². The maximum Gasteiger partial charge on any atom is 0.256 e. The van der Waals surface area contributed by atoms with Crippen LogP contribution in [0.5, 0.6) is 11.5 Å². The van der Waals surface area contributed by atoms with Gasteiger partial charge in [0.1, 0.15) is 12.8 Å². The Bertz CT molecular complexity index is 909. The number of hydrogen-bond acceptors (Lipinski definition) is 1. The monoisotopic (exact) mass is 276 g/mol. The summed E-state index contributed by atoms with van der Waals surface area (Å²) in [6.45, 7) is 6.50. The van der Waals surface area contributed by atoms with Crippen molar-refractivity contribution in [2.24, 2.45) is 7.05 Å². The van der Waals surface area contributed by atoms with E-state index in [4.69, 9.17) is 4.74 Å². The molecule has 1 aromatic heterocycles. The molecule has 2 nitrogen and oxygen atoms in total. The number of rotatable bonds is 0. The molecule has 0 radical (unpaired) electrons. The van der Waals surface area contributed by atoms with Crippen LogP contribution in [0.4, 0.5) is 0 Å². The van der Waals surface area contributed by atoms with Gasteiger partial charge in [0.15, 0.2) is 6.20 Å². The van der Waals surface area contributed by atoms with Crippen LogP contribution in [-0.2, 0) is 7.05 Å². The lowest BCUT2D eigenvalue weighted by atomic mass is 9.90. The molecule has 0 N–H and O–H groups in total. The largest absolute Gasteiger partial charge is 0.449 e. The standard InChI is InChI=1S/C19H18NO/c1-11-8-9-20(4)18-16-13(3)12(2)10-14-6-5-7-15(17(14)16)21-19(11)18/h5-10H,1-4H3/q+1. The Morgan fingerprint density at radius 1 is 1.00 bits per heavy atom. The average molecular weight is 276 g/mol. The molecule has 104 valence electrons. The number of ether oxygens (including phenoxy) is 1. The van der Waals surface area contributed by atoms with Gasteiger partial charge in [0.05, 0.1) is 5.56 Å². The predicted molar refractivity (Wildman–Crippen MR) is 84.8 cm³/mol. The van der Waals surface area contributed by atoms with Crippen molar-refractivity contribution >= 4 is 10.8 Å². The lowest BCUT2D eigenvalue weighted by Gasteiger charge is -2.22. The molecular weight excluding hydrogens is 258 g/mol. The molecule has 4 rings (SSSR count). The van der Waals surface area contributed by atoms with Crippen molar-refractivity contribution in [3.63, 3.8) is 0 Å². The molecule has 0 unspecified atom stereocenters. The van der Waals surface area contributed by atoms with Crippen LogP contribution in [0.1, 0.15) is 16.7 Å². The van der Waals surface area contributed by atoms with E-state index >= 15 is 0 Å². The number of nitrogens with zero attached hydrogens (tertiary/aromatic N) is 1. The van der Waals surface area contributed by atoms with Crippen LogP contribution in [0.2, 0.25) is 0 Å². The number of pyridine rings is 1. The van der Waals surface area contributed by atoms with Crippen molar-refractivity contribution in [1.29, 1.82) is 0 Å². The van der Waals surface area contributed by atoms with E-state index in [-0.39, 0.29) is 0 Å². The molecule has 0 atom stereocenters. The van der Waals surface area contributed by atoms with Crippen molar-refractivity contribution in [2.75, 3.05) is 0 Å². The second kappa shape index (κ2) is 4.08. The molecule has 1 aliphatic heterocycles. The van der Waals surface area contributed by atoms with Gasteiger partial charge in [0, 0.05) is 17.0 Å². The van der Waals surface area contributed by atoms with Crippen molar-refractivity contribution in [2.45, 2.75) is 20.8 Å². The number of hydrogen-bond donors (Lipinski definition) is 0. The van der Waals surface area contributed by atoms with Crippen LogP contribution in [0.15, 0.2) is 36.5 Å². The summed E-state index contributed by atoms with van der Waals surface area (Å²) in [4.78, 5) is 0. The summed E-state index contributed by atoms with van der Waals surface area (Å²) in [6.07, 6.45) is 2.11. The highest BCUT2D eigenvalue weighted by Crippen LogP contribution is 2.47. The van der Waals surface area contributed by atoms with Crippen molar-refractivity contribution in [3.8, 4) is 22.8 Å². The van der Waals surface area contributed by atoms with E-state index in [1.807, 2.05) is 0 Å². The van der Waals surface area contributed by atoms with Crippen LogP contribution in [0.3, 0.4) is 0 Å². The minimum atomic E-state index is 0.965. The highest BCUT2D eigenvalue weighted by atomic mass is 16.5. The second-order valence-electron chi connectivity index (χ2n) is 5.94. The van der Waals surface area contributed by atoms with Crippen molar-refractivity contribution in [3.05, 3.63) is 53.2 Å². The molecule has 0 saturated carbocycles. The Morgan fingerprint density at radius 2 is 1.81 bits per heavy atom. The predicted octanol–water partition coefficient (Wildman–Crippen LogP) is 4.36. The summed E-state index contributed by atoms with van der Waals surface area (Å²) in [5.74, 6) is 1.95. The molecule has 0 amide bonds. The lowest BCUT2D eigenvalue weighted by molar-refractivity contribution is -0.660. The van der Waals surface area contributed by atoms with Crippen LogP contribution in [-0.4, -0.2) is 0 Å². The van der Waals surface area contributed by atoms with Gasteiger partial charge in [-0.15, -0.1) is 0 Å². The molecule has 2 heteroatoms.